The molecule has 2 aromatic rings. The lowest BCUT2D eigenvalue weighted by Gasteiger charge is -2.35. The van der Waals surface area contributed by atoms with E-state index in [1.807, 2.05) is 12.1 Å². The van der Waals surface area contributed by atoms with Crippen molar-refractivity contribution in [2.45, 2.75) is 31.7 Å². The molecule has 3 heterocycles. The fourth-order valence-corrected chi connectivity index (χ4v) is 4.25. The summed E-state index contributed by atoms with van der Waals surface area (Å²) >= 11 is 0. The van der Waals surface area contributed by atoms with Crippen LogP contribution in [0.1, 0.15) is 37.3 Å². The molecule has 2 aliphatic rings. The number of methoxy groups -OCH3 is 1. The quantitative estimate of drug-likeness (QED) is 0.832. The molecule has 1 unspecified atom stereocenters. The lowest BCUT2D eigenvalue weighted by Crippen LogP contribution is -2.42. The van der Waals surface area contributed by atoms with Gasteiger partial charge in [0.1, 0.15) is 11.6 Å². The van der Waals surface area contributed by atoms with Gasteiger partial charge in [-0.3, -0.25) is 9.78 Å². The summed E-state index contributed by atoms with van der Waals surface area (Å²) in [6.07, 6.45) is 9.06. The SMILES string of the molecule is COc1ccc(C2CCCN2C(=O)C2CCN(c3cnccn3)CC2)cc1. The van der Waals surface area contributed by atoms with Crippen LogP contribution in [-0.2, 0) is 4.79 Å². The summed E-state index contributed by atoms with van der Waals surface area (Å²) in [5.74, 6) is 2.18. The maximum Gasteiger partial charge on any atom is 0.226 e. The molecule has 1 atom stereocenters. The van der Waals surface area contributed by atoms with Gasteiger partial charge in [-0.25, -0.2) is 4.98 Å². The molecule has 0 N–H and O–H groups in total. The van der Waals surface area contributed by atoms with Crippen molar-refractivity contribution in [3.8, 4) is 5.75 Å². The van der Waals surface area contributed by atoms with Gasteiger partial charge in [0.15, 0.2) is 0 Å². The van der Waals surface area contributed by atoms with Gasteiger partial charge in [0.25, 0.3) is 0 Å². The van der Waals surface area contributed by atoms with E-state index in [0.717, 1.165) is 56.9 Å². The molecule has 6 heteroatoms. The van der Waals surface area contributed by atoms with Crippen molar-refractivity contribution >= 4 is 11.7 Å². The van der Waals surface area contributed by atoms with Crippen molar-refractivity contribution in [1.82, 2.24) is 14.9 Å². The van der Waals surface area contributed by atoms with Crippen LogP contribution >= 0.6 is 0 Å². The van der Waals surface area contributed by atoms with Crippen molar-refractivity contribution in [3.05, 3.63) is 48.4 Å². The Morgan fingerprint density at radius 3 is 2.52 bits per heavy atom. The standard InChI is InChI=1S/C21H26N4O2/c1-27-18-6-4-16(5-7-18)19-3-2-12-25(19)21(26)17-8-13-24(14-9-17)20-15-22-10-11-23-20/h4-7,10-11,15,17,19H,2-3,8-9,12-14H2,1H3. The summed E-state index contributed by atoms with van der Waals surface area (Å²) in [4.78, 5) is 26.0. The average Bonchev–Trinajstić information content (AvgIpc) is 3.24. The summed E-state index contributed by atoms with van der Waals surface area (Å²) in [6, 6.07) is 8.34. The molecule has 1 aromatic carbocycles. The lowest BCUT2D eigenvalue weighted by atomic mass is 9.94. The highest BCUT2D eigenvalue weighted by molar-refractivity contribution is 5.80. The number of ether oxygens (including phenoxy) is 1. The number of hydrogen-bond acceptors (Lipinski definition) is 5. The first-order valence-electron chi connectivity index (χ1n) is 9.71. The molecule has 0 radical (unpaired) electrons. The Kier molecular flexibility index (Phi) is 5.23. The molecule has 4 rings (SSSR count). The normalized spacial score (nSPS) is 20.7. The van der Waals surface area contributed by atoms with Crippen LogP contribution in [0.15, 0.2) is 42.9 Å². The van der Waals surface area contributed by atoms with Crippen LogP contribution in [0.3, 0.4) is 0 Å². The van der Waals surface area contributed by atoms with Crippen LogP contribution < -0.4 is 9.64 Å². The predicted molar refractivity (Wildman–Crippen MR) is 104 cm³/mol. The molecule has 2 saturated heterocycles. The van der Waals surface area contributed by atoms with E-state index in [4.69, 9.17) is 4.74 Å². The second kappa shape index (κ2) is 7.94. The largest absolute Gasteiger partial charge is 0.497 e. The van der Waals surface area contributed by atoms with E-state index in [1.165, 1.54) is 5.56 Å². The Hall–Kier alpha value is -2.63. The molecule has 1 amide bonds. The maximum absolute atomic E-state index is 13.2. The molecule has 0 spiro atoms. The molecule has 142 valence electrons. The first-order chi connectivity index (χ1) is 13.3. The third-order valence-electron chi connectivity index (χ3n) is 5.75. The van der Waals surface area contributed by atoms with Gasteiger partial charge in [-0.15, -0.1) is 0 Å². The molecular formula is C21H26N4O2. The predicted octanol–water partition coefficient (Wildman–Crippen LogP) is 3.07. The highest BCUT2D eigenvalue weighted by atomic mass is 16.5. The van der Waals surface area contributed by atoms with E-state index in [9.17, 15) is 4.79 Å². The number of anilines is 1. The summed E-state index contributed by atoms with van der Waals surface area (Å²) in [5.41, 5.74) is 1.21. The van der Waals surface area contributed by atoms with E-state index in [2.05, 4.69) is 31.9 Å². The zero-order valence-electron chi connectivity index (χ0n) is 15.8. The number of rotatable bonds is 4. The molecule has 0 saturated carbocycles. The average molecular weight is 366 g/mol. The molecule has 2 fully saturated rings. The summed E-state index contributed by atoms with van der Waals surface area (Å²) < 4.78 is 5.25. The zero-order valence-corrected chi connectivity index (χ0v) is 15.8. The lowest BCUT2D eigenvalue weighted by molar-refractivity contribution is -0.137. The van der Waals surface area contributed by atoms with Crippen LogP contribution in [0.2, 0.25) is 0 Å². The Morgan fingerprint density at radius 2 is 1.85 bits per heavy atom. The van der Waals surface area contributed by atoms with Gasteiger partial charge in [0.2, 0.25) is 5.91 Å². The topological polar surface area (TPSA) is 58.6 Å². The Morgan fingerprint density at radius 1 is 1.07 bits per heavy atom. The molecule has 27 heavy (non-hydrogen) atoms. The maximum atomic E-state index is 13.2. The Bertz CT molecular complexity index is 758. The number of benzene rings is 1. The van der Waals surface area contributed by atoms with Gasteiger partial charge >= 0.3 is 0 Å². The van der Waals surface area contributed by atoms with Crippen molar-refractivity contribution in [3.63, 3.8) is 0 Å². The number of carbonyl (C=O) groups excluding carboxylic acids is 1. The van der Waals surface area contributed by atoms with E-state index >= 15 is 0 Å². The van der Waals surface area contributed by atoms with Crippen LogP contribution in [0.4, 0.5) is 5.82 Å². The van der Waals surface area contributed by atoms with Gasteiger partial charge < -0.3 is 14.5 Å². The molecule has 6 nitrogen and oxygen atoms in total. The van der Waals surface area contributed by atoms with Gasteiger partial charge in [-0.05, 0) is 43.4 Å². The van der Waals surface area contributed by atoms with Gasteiger partial charge in [-0.2, -0.15) is 0 Å². The van der Waals surface area contributed by atoms with E-state index in [1.54, 1.807) is 25.7 Å². The molecule has 0 bridgehead atoms. The molecule has 1 aromatic heterocycles. The molecule has 0 aliphatic carbocycles. The van der Waals surface area contributed by atoms with Gasteiger partial charge in [-0.1, -0.05) is 12.1 Å². The van der Waals surface area contributed by atoms with E-state index < -0.39 is 0 Å². The van der Waals surface area contributed by atoms with Gasteiger partial charge in [0, 0.05) is 37.9 Å². The van der Waals surface area contributed by atoms with Crippen molar-refractivity contribution in [2.75, 3.05) is 31.6 Å². The van der Waals surface area contributed by atoms with Crippen molar-refractivity contribution in [1.29, 1.82) is 0 Å². The van der Waals surface area contributed by atoms with Crippen molar-refractivity contribution in [2.24, 2.45) is 5.92 Å². The van der Waals surface area contributed by atoms with E-state index in [0.29, 0.717) is 5.91 Å². The smallest absolute Gasteiger partial charge is 0.226 e. The third kappa shape index (κ3) is 3.75. The van der Waals surface area contributed by atoms with Gasteiger partial charge in [0.05, 0.1) is 19.3 Å². The monoisotopic (exact) mass is 366 g/mol. The minimum Gasteiger partial charge on any atom is -0.497 e. The Labute approximate surface area is 160 Å². The fraction of sp³-hybridized carbons (Fsp3) is 0.476. The second-order valence-electron chi connectivity index (χ2n) is 7.29. The zero-order chi connectivity index (χ0) is 18.6. The minimum atomic E-state index is 0.108. The highest BCUT2D eigenvalue weighted by Crippen LogP contribution is 2.35. The van der Waals surface area contributed by atoms with Crippen LogP contribution in [0.5, 0.6) is 5.75 Å². The summed E-state index contributed by atoms with van der Waals surface area (Å²) in [7, 11) is 1.67. The summed E-state index contributed by atoms with van der Waals surface area (Å²) in [5, 5.41) is 0. The minimum absolute atomic E-state index is 0.108. The highest BCUT2D eigenvalue weighted by Gasteiger charge is 2.35. The first kappa shape index (κ1) is 17.8. The number of piperidine rings is 1. The second-order valence-corrected chi connectivity index (χ2v) is 7.29. The number of amides is 1. The fourth-order valence-electron chi connectivity index (χ4n) is 4.25. The number of likely N-dealkylation sites (tertiary alicyclic amines) is 1. The van der Waals surface area contributed by atoms with Crippen molar-refractivity contribution < 1.29 is 9.53 Å². The van der Waals surface area contributed by atoms with Crippen LogP contribution in [-0.4, -0.2) is 47.5 Å². The van der Waals surface area contributed by atoms with Crippen LogP contribution in [0.25, 0.3) is 0 Å². The number of aromatic nitrogens is 2. The third-order valence-corrected chi connectivity index (χ3v) is 5.75. The summed E-state index contributed by atoms with van der Waals surface area (Å²) in [6.45, 7) is 2.58. The van der Waals surface area contributed by atoms with Crippen LogP contribution in [0, 0.1) is 5.92 Å². The number of hydrogen-bond donors (Lipinski definition) is 0. The number of nitrogens with zero attached hydrogens (tertiary/aromatic N) is 4. The van der Waals surface area contributed by atoms with E-state index in [-0.39, 0.29) is 12.0 Å². The molecular weight excluding hydrogens is 340 g/mol. The molecule has 2 aliphatic heterocycles. The Balaban J connectivity index is 1.40. The number of carbonyl (C=O) groups is 1. The first-order valence-corrected chi connectivity index (χ1v) is 9.71.